The summed E-state index contributed by atoms with van der Waals surface area (Å²) in [6.07, 6.45) is 3.15. The summed E-state index contributed by atoms with van der Waals surface area (Å²) in [5.74, 6) is 0.326. The van der Waals surface area contributed by atoms with Crippen molar-refractivity contribution in [3.8, 4) is 5.75 Å². The lowest BCUT2D eigenvalue weighted by Crippen LogP contribution is -2.42. The molecule has 112 valence electrons. The SMILES string of the molecule is CCCC(O)(CCC)CNC(=O)c1ccccc1OC. The van der Waals surface area contributed by atoms with Crippen LogP contribution in [0.4, 0.5) is 0 Å². The molecule has 20 heavy (non-hydrogen) atoms. The van der Waals surface area contributed by atoms with Gasteiger partial charge in [0.1, 0.15) is 5.75 Å². The number of rotatable bonds is 8. The van der Waals surface area contributed by atoms with Gasteiger partial charge in [0, 0.05) is 6.54 Å². The van der Waals surface area contributed by atoms with Crippen molar-refractivity contribution in [2.24, 2.45) is 0 Å². The number of hydrogen-bond donors (Lipinski definition) is 2. The molecule has 0 aliphatic rings. The lowest BCUT2D eigenvalue weighted by Gasteiger charge is -2.27. The summed E-state index contributed by atoms with van der Waals surface area (Å²) in [7, 11) is 1.54. The van der Waals surface area contributed by atoms with E-state index in [1.807, 2.05) is 19.9 Å². The maximum Gasteiger partial charge on any atom is 0.255 e. The maximum atomic E-state index is 12.2. The van der Waals surface area contributed by atoms with E-state index in [9.17, 15) is 9.90 Å². The van der Waals surface area contributed by atoms with E-state index in [-0.39, 0.29) is 12.5 Å². The van der Waals surface area contributed by atoms with Crippen LogP contribution in [0.15, 0.2) is 24.3 Å². The molecule has 0 aliphatic carbocycles. The van der Waals surface area contributed by atoms with Gasteiger partial charge in [0.2, 0.25) is 0 Å². The summed E-state index contributed by atoms with van der Waals surface area (Å²) in [5, 5.41) is 13.3. The molecule has 0 aromatic heterocycles. The number of carbonyl (C=O) groups is 1. The molecule has 1 amide bonds. The summed E-state index contributed by atoms with van der Waals surface area (Å²) < 4.78 is 5.17. The second kappa shape index (κ2) is 7.90. The Labute approximate surface area is 121 Å². The average molecular weight is 279 g/mol. The number of nitrogens with one attached hydrogen (secondary N) is 1. The first kappa shape index (κ1) is 16.5. The summed E-state index contributed by atoms with van der Waals surface area (Å²) in [6, 6.07) is 7.08. The van der Waals surface area contributed by atoms with Gasteiger partial charge in [-0.15, -0.1) is 0 Å². The lowest BCUT2D eigenvalue weighted by molar-refractivity contribution is 0.0212. The quantitative estimate of drug-likeness (QED) is 0.769. The van der Waals surface area contributed by atoms with Gasteiger partial charge in [-0.3, -0.25) is 4.79 Å². The van der Waals surface area contributed by atoms with Crippen LogP contribution < -0.4 is 10.1 Å². The molecule has 1 aromatic rings. The largest absolute Gasteiger partial charge is 0.496 e. The van der Waals surface area contributed by atoms with Gasteiger partial charge in [0.15, 0.2) is 0 Å². The Morgan fingerprint density at radius 1 is 1.25 bits per heavy atom. The molecule has 0 saturated heterocycles. The highest BCUT2D eigenvalue weighted by Gasteiger charge is 2.26. The van der Waals surface area contributed by atoms with Crippen molar-refractivity contribution in [2.75, 3.05) is 13.7 Å². The maximum absolute atomic E-state index is 12.2. The monoisotopic (exact) mass is 279 g/mol. The normalized spacial score (nSPS) is 11.2. The lowest BCUT2D eigenvalue weighted by atomic mass is 9.92. The van der Waals surface area contributed by atoms with Crippen molar-refractivity contribution in [2.45, 2.75) is 45.1 Å². The zero-order valence-electron chi connectivity index (χ0n) is 12.6. The Hall–Kier alpha value is -1.55. The van der Waals surface area contributed by atoms with Crippen LogP contribution in [0.2, 0.25) is 0 Å². The number of benzene rings is 1. The van der Waals surface area contributed by atoms with Crippen LogP contribution in [0.3, 0.4) is 0 Å². The van der Waals surface area contributed by atoms with Crippen LogP contribution in [0.25, 0.3) is 0 Å². The second-order valence-electron chi connectivity index (χ2n) is 5.11. The molecule has 0 bridgehead atoms. The van der Waals surface area contributed by atoms with Crippen LogP contribution >= 0.6 is 0 Å². The van der Waals surface area contributed by atoms with Crippen LogP contribution in [0.5, 0.6) is 5.75 Å². The molecule has 0 spiro atoms. The number of para-hydroxylation sites is 1. The third kappa shape index (κ3) is 4.53. The Kier molecular flexibility index (Phi) is 6.52. The van der Waals surface area contributed by atoms with E-state index >= 15 is 0 Å². The molecule has 0 heterocycles. The molecule has 1 aromatic carbocycles. The number of ether oxygens (including phenoxy) is 1. The van der Waals surface area contributed by atoms with Gasteiger partial charge in [0.25, 0.3) is 5.91 Å². The minimum Gasteiger partial charge on any atom is -0.496 e. The third-order valence-corrected chi connectivity index (χ3v) is 3.36. The predicted molar refractivity (Wildman–Crippen MR) is 80.1 cm³/mol. The van der Waals surface area contributed by atoms with Gasteiger partial charge < -0.3 is 15.2 Å². The van der Waals surface area contributed by atoms with Crippen molar-refractivity contribution in [1.29, 1.82) is 0 Å². The van der Waals surface area contributed by atoms with E-state index < -0.39 is 5.60 Å². The van der Waals surface area contributed by atoms with Crippen molar-refractivity contribution < 1.29 is 14.6 Å². The van der Waals surface area contributed by atoms with Crippen LogP contribution in [-0.4, -0.2) is 30.3 Å². The number of methoxy groups -OCH3 is 1. The van der Waals surface area contributed by atoms with Crippen molar-refractivity contribution >= 4 is 5.91 Å². The molecular weight excluding hydrogens is 254 g/mol. The molecule has 0 unspecified atom stereocenters. The number of carbonyl (C=O) groups excluding carboxylic acids is 1. The van der Waals surface area contributed by atoms with Gasteiger partial charge in [-0.25, -0.2) is 0 Å². The van der Waals surface area contributed by atoms with Gasteiger partial charge in [0.05, 0.1) is 18.3 Å². The Morgan fingerprint density at radius 2 is 1.85 bits per heavy atom. The van der Waals surface area contributed by atoms with E-state index in [0.29, 0.717) is 24.2 Å². The first-order chi connectivity index (χ1) is 9.56. The second-order valence-corrected chi connectivity index (χ2v) is 5.11. The van der Waals surface area contributed by atoms with Crippen LogP contribution in [0, 0.1) is 0 Å². The molecule has 4 nitrogen and oxygen atoms in total. The van der Waals surface area contributed by atoms with Gasteiger partial charge in [-0.2, -0.15) is 0 Å². The highest BCUT2D eigenvalue weighted by Crippen LogP contribution is 2.20. The fourth-order valence-corrected chi connectivity index (χ4v) is 2.40. The summed E-state index contributed by atoms with van der Waals surface area (Å²) in [6.45, 7) is 4.33. The molecule has 0 atom stereocenters. The summed E-state index contributed by atoms with van der Waals surface area (Å²) in [5.41, 5.74) is -0.327. The Balaban J connectivity index is 2.70. The summed E-state index contributed by atoms with van der Waals surface area (Å²) in [4.78, 5) is 12.2. The molecular formula is C16H25NO3. The third-order valence-electron chi connectivity index (χ3n) is 3.36. The van der Waals surface area contributed by atoms with E-state index in [0.717, 1.165) is 12.8 Å². The predicted octanol–water partition coefficient (Wildman–Crippen LogP) is 2.76. The topological polar surface area (TPSA) is 58.6 Å². The molecule has 1 rings (SSSR count). The Morgan fingerprint density at radius 3 is 2.40 bits per heavy atom. The summed E-state index contributed by atoms with van der Waals surface area (Å²) >= 11 is 0. The van der Waals surface area contributed by atoms with Crippen molar-refractivity contribution in [1.82, 2.24) is 5.32 Å². The van der Waals surface area contributed by atoms with Gasteiger partial charge in [-0.05, 0) is 25.0 Å². The molecule has 0 aliphatic heterocycles. The zero-order chi connectivity index (χ0) is 15.0. The number of hydrogen-bond acceptors (Lipinski definition) is 3. The molecule has 0 saturated carbocycles. The Bertz CT molecular complexity index is 425. The highest BCUT2D eigenvalue weighted by molar-refractivity contribution is 5.96. The van der Waals surface area contributed by atoms with E-state index in [1.165, 1.54) is 7.11 Å². The first-order valence-corrected chi connectivity index (χ1v) is 7.20. The number of aliphatic hydroxyl groups is 1. The molecule has 0 radical (unpaired) electrons. The van der Waals surface area contributed by atoms with E-state index in [4.69, 9.17) is 4.74 Å². The van der Waals surface area contributed by atoms with Crippen molar-refractivity contribution in [3.05, 3.63) is 29.8 Å². The zero-order valence-corrected chi connectivity index (χ0v) is 12.6. The van der Waals surface area contributed by atoms with E-state index in [2.05, 4.69) is 5.32 Å². The molecule has 0 fully saturated rings. The molecule has 4 heteroatoms. The standard InChI is InChI=1S/C16H25NO3/c1-4-10-16(19,11-5-2)12-17-15(18)13-8-6-7-9-14(13)20-3/h6-9,19H,4-5,10-12H2,1-3H3,(H,17,18). The minimum absolute atomic E-state index is 0.215. The number of amides is 1. The molecule has 2 N–H and O–H groups in total. The fraction of sp³-hybridized carbons (Fsp3) is 0.562. The van der Waals surface area contributed by atoms with Crippen LogP contribution in [-0.2, 0) is 0 Å². The highest BCUT2D eigenvalue weighted by atomic mass is 16.5. The van der Waals surface area contributed by atoms with Gasteiger partial charge in [-0.1, -0.05) is 38.8 Å². The van der Waals surface area contributed by atoms with Crippen molar-refractivity contribution in [3.63, 3.8) is 0 Å². The minimum atomic E-state index is -0.818. The smallest absolute Gasteiger partial charge is 0.255 e. The van der Waals surface area contributed by atoms with Gasteiger partial charge >= 0.3 is 0 Å². The first-order valence-electron chi connectivity index (χ1n) is 7.20. The van der Waals surface area contributed by atoms with Crippen LogP contribution in [0.1, 0.15) is 49.9 Å². The average Bonchev–Trinajstić information content (AvgIpc) is 2.45. The van der Waals surface area contributed by atoms with E-state index in [1.54, 1.807) is 18.2 Å². The fourth-order valence-electron chi connectivity index (χ4n) is 2.40.